The molecule has 0 unspecified atom stereocenters. The lowest BCUT2D eigenvalue weighted by atomic mass is 9.94. The second-order valence-electron chi connectivity index (χ2n) is 6.05. The molecule has 0 saturated carbocycles. The van der Waals surface area contributed by atoms with Crippen molar-refractivity contribution in [3.8, 4) is 0 Å². The van der Waals surface area contributed by atoms with E-state index >= 15 is 0 Å². The molecule has 0 fully saturated rings. The van der Waals surface area contributed by atoms with E-state index in [1.807, 2.05) is 12.1 Å². The predicted octanol–water partition coefficient (Wildman–Crippen LogP) is 0.794. The number of hydrogen-bond donors (Lipinski definition) is 0. The van der Waals surface area contributed by atoms with Crippen LogP contribution in [0.15, 0.2) is 32.1 Å². The summed E-state index contributed by atoms with van der Waals surface area (Å²) in [7, 11) is 0. The SMILES string of the molecule is c1cc(C2=NCCO2)c(C2=NCCO2)c(C2=NCCO2)c1C1=NCCO1. The maximum absolute atomic E-state index is 5.81. The molecule has 4 aliphatic heterocycles. The van der Waals surface area contributed by atoms with E-state index in [2.05, 4.69) is 20.0 Å². The molecule has 0 spiro atoms. The molecule has 0 N–H and O–H groups in total. The summed E-state index contributed by atoms with van der Waals surface area (Å²) in [6, 6.07) is 3.92. The summed E-state index contributed by atoms with van der Waals surface area (Å²) in [5.74, 6) is 2.32. The molecule has 0 saturated heterocycles. The Morgan fingerprint density at radius 2 is 0.846 bits per heavy atom. The number of benzene rings is 1. The van der Waals surface area contributed by atoms with Gasteiger partial charge in [0.1, 0.15) is 26.4 Å². The lowest BCUT2D eigenvalue weighted by Gasteiger charge is -2.18. The molecule has 26 heavy (non-hydrogen) atoms. The summed E-state index contributed by atoms with van der Waals surface area (Å²) in [4.78, 5) is 18.0. The summed E-state index contributed by atoms with van der Waals surface area (Å²) in [5.41, 5.74) is 3.25. The highest BCUT2D eigenvalue weighted by molar-refractivity contribution is 6.19. The maximum atomic E-state index is 5.81. The lowest BCUT2D eigenvalue weighted by Crippen LogP contribution is -2.21. The number of hydrogen-bond acceptors (Lipinski definition) is 8. The van der Waals surface area contributed by atoms with E-state index in [1.54, 1.807) is 0 Å². The van der Waals surface area contributed by atoms with Crippen molar-refractivity contribution in [3.63, 3.8) is 0 Å². The van der Waals surface area contributed by atoms with Gasteiger partial charge in [-0.1, -0.05) is 0 Å². The molecule has 0 amide bonds. The van der Waals surface area contributed by atoms with Gasteiger partial charge in [0.25, 0.3) is 0 Å². The van der Waals surface area contributed by atoms with Crippen molar-refractivity contribution in [1.82, 2.24) is 0 Å². The van der Waals surface area contributed by atoms with Crippen LogP contribution in [0, 0.1) is 0 Å². The van der Waals surface area contributed by atoms with Crippen LogP contribution in [0.4, 0.5) is 0 Å². The minimum Gasteiger partial charge on any atom is -0.475 e. The Labute approximate surface area is 150 Å². The first-order valence-electron chi connectivity index (χ1n) is 8.79. The first kappa shape index (κ1) is 15.4. The van der Waals surface area contributed by atoms with E-state index in [1.165, 1.54) is 0 Å². The topological polar surface area (TPSA) is 86.4 Å². The van der Waals surface area contributed by atoms with Crippen molar-refractivity contribution < 1.29 is 18.9 Å². The molecule has 8 heteroatoms. The van der Waals surface area contributed by atoms with Gasteiger partial charge in [-0.05, 0) is 12.1 Å². The molecule has 0 atom stereocenters. The predicted molar refractivity (Wildman–Crippen MR) is 95.9 cm³/mol. The molecular formula is C18H18N4O4. The Kier molecular flexibility index (Phi) is 3.80. The molecule has 0 aromatic heterocycles. The average molecular weight is 354 g/mol. The molecule has 134 valence electrons. The summed E-state index contributed by atoms with van der Waals surface area (Å²) in [6.07, 6.45) is 0. The number of nitrogens with zero attached hydrogens (tertiary/aromatic N) is 4. The summed E-state index contributed by atoms with van der Waals surface area (Å²) >= 11 is 0. The summed E-state index contributed by atoms with van der Waals surface area (Å²) in [6.45, 7) is 4.79. The van der Waals surface area contributed by atoms with Gasteiger partial charge in [-0.3, -0.25) is 0 Å². The van der Waals surface area contributed by atoms with Gasteiger partial charge in [0.2, 0.25) is 23.6 Å². The lowest BCUT2D eigenvalue weighted by molar-refractivity contribution is 0.340. The Morgan fingerprint density at radius 1 is 0.500 bits per heavy atom. The van der Waals surface area contributed by atoms with Gasteiger partial charge in [0.15, 0.2) is 0 Å². The first-order valence-corrected chi connectivity index (χ1v) is 8.79. The second kappa shape index (κ2) is 6.44. The van der Waals surface area contributed by atoms with E-state index in [4.69, 9.17) is 18.9 Å². The monoisotopic (exact) mass is 354 g/mol. The molecule has 0 bridgehead atoms. The highest BCUT2D eigenvalue weighted by Crippen LogP contribution is 2.28. The Balaban J connectivity index is 1.76. The quantitative estimate of drug-likeness (QED) is 0.800. The number of rotatable bonds is 4. The number of ether oxygens (including phenoxy) is 4. The van der Waals surface area contributed by atoms with Crippen molar-refractivity contribution in [2.45, 2.75) is 0 Å². The van der Waals surface area contributed by atoms with Crippen molar-refractivity contribution in [2.75, 3.05) is 52.6 Å². The van der Waals surface area contributed by atoms with E-state index in [0.29, 0.717) is 76.2 Å². The smallest absolute Gasteiger partial charge is 0.217 e. The Bertz CT molecular complexity index is 801. The van der Waals surface area contributed by atoms with E-state index in [-0.39, 0.29) is 0 Å². The normalized spacial score (nSPS) is 21.2. The third-order valence-corrected chi connectivity index (χ3v) is 4.44. The maximum Gasteiger partial charge on any atom is 0.217 e. The Morgan fingerprint density at radius 3 is 1.15 bits per heavy atom. The van der Waals surface area contributed by atoms with Crippen LogP contribution in [0.3, 0.4) is 0 Å². The first-order chi connectivity index (χ1) is 12.9. The van der Waals surface area contributed by atoms with Crippen LogP contribution in [0.2, 0.25) is 0 Å². The summed E-state index contributed by atoms with van der Waals surface area (Å²) < 4.78 is 23.0. The zero-order valence-electron chi connectivity index (χ0n) is 14.2. The number of aliphatic imine (C=N–C) groups is 4. The van der Waals surface area contributed by atoms with E-state index in [0.717, 1.165) is 22.3 Å². The Hall–Kier alpha value is -2.90. The van der Waals surface area contributed by atoms with Gasteiger partial charge in [0.05, 0.1) is 37.3 Å². The standard InChI is InChI=1S/C18H18N4O4/c1-2-12(16-20-4-8-24-16)14(18-22-6-10-26-18)13(17-21-5-9-25-17)11(1)15-19-3-7-23-15/h1-2H,3-10H2. The minimum atomic E-state index is 0.552. The van der Waals surface area contributed by atoms with Crippen LogP contribution in [0.25, 0.3) is 0 Å². The molecular weight excluding hydrogens is 336 g/mol. The third kappa shape index (κ3) is 2.53. The molecule has 1 aromatic carbocycles. The van der Waals surface area contributed by atoms with Crippen LogP contribution in [0.1, 0.15) is 22.3 Å². The van der Waals surface area contributed by atoms with Gasteiger partial charge < -0.3 is 18.9 Å². The van der Waals surface area contributed by atoms with Crippen molar-refractivity contribution in [1.29, 1.82) is 0 Å². The van der Waals surface area contributed by atoms with Gasteiger partial charge in [-0.2, -0.15) is 0 Å². The van der Waals surface area contributed by atoms with Gasteiger partial charge in [-0.15, -0.1) is 0 Å². The molecule has 1 aromatic rings. The molecule has 8 nitrogen and oxygen atoms in total. The largest absolute Gasteiger partial charge is 0.475 e. The highest BCUT2D eigenvalue weighted by Gasteiger charge is 2.32. The zero-order chi connectivity index (χ0) is 17.3. The molecule has 4 aliphatic rings. The van der Waals surface area contributed by atoms with Crippen LogP contribution in [-0.2, 0) is 18.9 Å². The molecule has 5 rings (SSSR count). The highest BCUT2D eigenvalue weighted by atomic mass is 16.5. The van der Waals surface area contributed by atoms with Crippen molar-refractivity contribution in [2.24, 2.45) is 20.0 Å². The van der Waals surface area contributed by atoms with Crippen molar-refractivity contribution in [3.05, 3.63) is 34.4 Å². The summed E-state index contributed by atoms with van der Waals surface area (Å²) in [5, 5.41) is 0. The van der Waals surface area contributed by atoms with Crippen LogP contribution in [-0.4, -0.2) is 76.2 Å². The van der Waals surface area contributed by atoms with Gasteiger partial charge >= 0.3 is 0 Å². The zero-order valence-corrected chi connectivity index (χ0v) is 14.2. The van der Waals surface area contributed by atoms with Crippen LogP contribution < -0.4 is 0 Å². The van der Waals surface area contributed by atoms with E-state index < -0.39 is 0 Å². The third-order valence-electron chi connectivity index (χ3n) is 4.44. The van der Waals surface area contributed by atoms with Gasteiger partial charge in [-0.25, -0.2) is 20.0 Å². The second-order valence-corrected chi connectivity index (χ2v) is 6.05. The van der Waals surface area contributed by atoms with Crippen molar-refractivity contribution >= 4 is 23.6 Å². The fourth-order valence-corrected chi connectivity index (χ4v) is 3.37. The fourth-order valence-electron chi connectivity index (χ4n) is 3.37. The van der Waals surface area contributed by atoms with Crippen LogP contribution in [0.5, 0.6) is 0 Å². The molecule has 0 aliphatic carbocycles. The minimum absolute atomic E-state index is 0.552. The van der Waals surface area contributed by atoms with E-state index in [9.17, 15) is 0 Å². The molecule has 4 heterocycles. The fraction of sp³-hybridized carbons (Fsp3) is 0.444. The van der Waals surface area contributed by atoms with Gasteiger partial charge in [0, 0.05) is 11.1 Å². The van der Waals surface area contributed by atoms with Crippen LogP contribution >= 0.6 is 0 Å². The molecule has 0 radical (unpaired) electrons. The average Bonchev–Trinajstić information content (AvgIpc) is 3.49.